The zero-order valence-electron chi connectivity index (χ0n) is 5.25. The summed E-state index contributed by atoms with van der Waals surface area (Å²) >= 11 is 0. The van der Waals surface area contributed by atoms with E-state index in [0.29, 0.717) is 0 Å². The molecule has 0 saturated carbocycles. The first-order valence-corrected chi connectivity index (χ1v) is 3.15. The molecule has 0 saturated heterocycles. The average molecular weight is 117 g/mol. The summed E-state index contributed by atoms with van der Waals surface area (Å²) in [5.41, 5.74) is 0. The van der Waals surface area contributed by atoms with Gasteiger partial charge in [-0.05, 0) is 12.8 Å². The predicted octanol–water partition coefficient (Wildman–Crippen LogP) is 1.43. The number of nitrogens with zero attached hydrogens (tertiary/aromatic N) is 1. The van der Waals surface area contributed by atoms with Crippen LogP contribution in [0, 0.1) is 17.2 Å². The van der Waals surface area contributed by atoms with Crippen molar-refractivity contribution in [2.24, 2.45) is 5.92 Å². The quantitative estimate of drug-likeness (QED) is 0.347. The largest absolute Gasteiger partial charge is 0.198 e. The lowest BCUT2D eigenvalue weighted by molar-refractivity contribution is 0.639. The second-order valence-corrected chi connectivity index (χ2v) is 2.40. The molecule has 2 radical (unpaired) electrons. The molecule has 2 unspecified atom stereocenters. The number of rotatable bonds is 0. The second kappa shape index (κ2) is 2.73. The van der Waals surface area contributed by atoms with Crippen molar-refractivity contribution in [3.05, 3.63) is 12.2 Å². The molecule has 0 N–H and O–H groups in total. The molecule has 0 aromatic carbocycles. The van der Waals surface area contributed by atoms with E-state index in [-0.39, 0.29) is 11.7 Å². The highest BCUT2D eigenvalue weighted by Crippen LogP contribution is 2.24. The first-order chi connectivity index (χ1) is 4.33. The van der Waals surface area contributed by atoms with Crippen molar-refractivity contribution in [1.82, 2.24) is 0 Å². The van der Waals surface area contributed by atoms with Crippen molar-refractivity contribution >= 4 is 7.85 Å². The van der Waals surface area contributed by atoms with Gasteiger partial charge in [0, 0.05) is 0 Å². The van der Waals surface area contributed by atoms with Gasteiger partial charge in [-0.1, -0.05) is 18.0 Å². The van der Waals surface area contributed by atoms with E-state index in [1.165, 1.54) is 0 Å². The molecule has 0 spiro atoms. The van der Waals surface area contributed by atoms with Gasteiger partial charge in [0.05, 0.1) is 19.8 Å². The van der Waals surface area contributed by atoms with Crippen molar-refractivity contribution in [1.29, 1.82) is 5.26 Å². The standard InChI is InChI=1S/C7H8BN/c8-7-3-1-2-6(4-7)5-9/h1-2,6-7H,3-4H2. The van der Waals surface area contributed by atoms with Crippen LogP contribution >= 0.6 is 0 Å². The Morgan fingerprint density at radius 1 is 1.67 bits per heavy atom. The lowest BCUT2D eigenvalue weighted by Gasteiger charge is -2.15. The van der Waals surface area contributed by atoms with Crippen LogP contribution in [0.3, 0.4) is 0 Å². The molecule has 0 bridgehead atoms. The first kappa shape index (κ1) is 6.42. The summed E-state index contributed by atoms with van der Waals surface area (Å²) < 4.78 is 0. The van der Waals surface area contributed by atoms with E-state index in [4.69, 9.17) is 13.1 Å². The summed E-state index contributed by atoms with van der Waals surface area (Å²) in [5.74, 6) is 0.272. The van der Waals surface area contributed by atoms with E-state index in [0.717, 1.165) is 12.8 Å². The van der Waals surface area contributed by atoms with Crippen LogP contribution in [0.25, 0.3) is 0 Å². The number of hydrogen-bond acceptors (Lipinski definition) is 1. The molecule has 1 aliphatic rings. The molecule has 0 aliphatic heterocycles. The topological polar surface area (TPSA) is 23.8 Å². The monoisotopic (exact) mass is 117 g/mol. The van der Waals surface area contributed by atoms with Gasteiger partial charge in [-0.15, -0.1) is 0 Å². The molecule has 0 fully saturated rings. The molecule has 0 amide bonds. The molecule has 0 aromatic heterocycles. The molecule has 0 heterocycles. The van der Waals surface area contributed by atoms with Crippen LogP contribution < -0.4 is 0 Å². The fourth-order valence-electron chi connectivity index (χ4n) is 1.01. The second-order valence-electron chi connectivity index (χ2n) is 2.40. The molecule has 2 atom stereocenters. The Hall–Kier alpha value is -0.705. The number of allylic oxidation sites excluding steroid dienone is 2. The summed E-state index contributed by atoms with van der Waals surface area (Å²) in [7, 11) is 5.60. The molecular formula is C7H8BN. The van der Waals surface area contributed by atoms with E-state index in [1.807, 2.05) is 12.2 Å². The van der Waals surface area contributed by atoms with Gasteiger partial charge >= 0.3 is 0 Å². The Labute approximate surface area is 56.8 Å². The third-order valence-corrected chi connectivity index (χ3v) is 1.53. The third-order valence-electron chi connectivity index (χ3n) is 1.53. The fraction of sp³-hybridized carbons (Fsp3) is 0.571. The van der Waals surface area contributed by atoms with Crippen LogP contribution in [0.15, 0.2) is 12.2 Å². The summed E-state index contributed by atoms with van der Waals surface area (Å²) in [6, 6.07) is 2.17. The minimum atomic E-state index is 0.0637. The van der Waals surface area contributed by atoms with Gasteiger partial charge < -0.3 is 0 Å². The maximum Gasteiger partial charge on any atom is 0.0704 e. The average Bonchev–Trinajstić information content (AvgIpc) is 1.88. The number of hydrogen-bond donors (Lipinski definition) is 0. The SMILES string of the molecule is [B]C1CC=CC(C#N)C1. The summed E-state index contributed by atoms with van der Waals surface area (Å²) in [6.45, 7) is 0. The third kappa shape index (κ3) is 1.60. The first-order valence-electron chi connectivity index (χ1n) is 3.15. The maximum absolute atomic E-state index is 8.45. The van der Waals surface area contributed by atoms with Gasteiger partial charge in [-0.25, -0.2) is 0 Å². The van der Waals surface area contributed by atoms with E-state index >= 15 is 0 Å². The Morgan fingerprint density at radius 3 is 2.89 bits per heavy atom. The van der Waals surface area contributed by atoms with Crippen molar-refractivity contribution in [3.8, 4) is 6.07 Å². The minimum absolute atomic E-state index is 0.0637. The fourth-order valence-corrected chi connectivity index (χ4v) is 1.01. The zero-order valence-corrected chi connectivity index (χ0v) is 5.25. The van der Waals surface area contributed by atoms with Crippen molar-refractivity contribution in [2.45, 2.75) is 18.7 Å². The van der Waals surface area contributed by atoms with Crippen LogP contribution in [0.5, 0.6) is 0 Å². The highest BCUT2D eigenvalue weighted by molar-refractivity contribution is 6.11. The molecule has 44 valence electrons. The molecule has 9 heavy (non-hydrogen) atoms. The van der Waals surface area contributed by atoms with E-state index < -0.39 is 0 Å². The van der Waals surface area contributed by atoms with Gasteiger partial charge in [-0.2, -0.15) is 5.26 Å². The lowest BCUT2D eigenvalue weighted by atomic mass is 9.75. The van der Waals surface area contributed by atoms with Crippen molar-refractivity contribution in [3.63, 3.8) is 0 Å². The van der Waals surface area contributed by atoms with E-state index in [2.05, 4.69) is 6.07 Å². The Bertz CT molecular complexity index is 157. The highest BCUT2D eigenvalue weighted by atomic mass is 14.3. The summed E-state index contributed by atoms with van der Waals surface area (Å²) in [4.78, 5) is 0. The lowest BCUT2D eigenvalue weighted by Crippen LogP contribution is -2.04. The van der Waals surface area contributed by atoms with Crippen LogP contribution in [0.2, 0.25) is 5.82 Å². The number of nitriles is 1. The Kier molecular flexibility index (Phi) is 1.94. The van der Waals surface area contributed by atoms with Crippen LogP contribution in [0.1, 0.15) is 12.8 Å². The Balaban J connectivity index is 2.52. The van der Waals surface area contributed by atoms with Gasteiger partial charge in [0.25, 0.3) is 0 Å². The van der Waals surface area contributed by atoms with Crippen LogP contribution in [-0.2, 0) is 0 Å². The summed E-state index contributed by atoms with van der Waals surface area (Å²) in [5, 5.41) is 8.45. The molecule has 0 aromatic rings. The van der Waals surface area contributed by atoms with Gasteiger partial charge in [0.15, 0.2) is 0 Å². The smallest absolute Gasteiger partial charge is 0.0704 e. The van der Waals surface area contributed by atoms with Gasteiger partial charge in [-0.3, -0.25) is 0 Å². The van der Waals surface area contributed by atoms with Gasteiger partial charge in [0.2, 0.25) is 0 Å². The van der Waals surface area contributed by atoms with Crippen LogP contribution in [0.4, 0.5) is 0 Å². The Morgan fingerprint density at radius 2 is 2.44 bits per heavy atom. The van der Waals surface area contributed by atoms with Crippen molar-refractivity contribution < 1.29 is 0 Å². The molecule has 1 rings (SSSR count). The van der Waals surface area contributed by atoms with E-state index in [9.17, 15) is 0 Å². The van der Waals surface area contributed by atoms with Gasteiger partial charge in [0.1, 0.15) is 0 Å². The molecule has 1 nitrogen and oxygen atoms in total. The molecule has 1 aliphatic carbocycles. The maximum atomic E-state index is 8.45. The minimum Gasteiger partial charge on any atom is -0.198 e. The molecule has 2 heteroatoms. The zero-order chi connectivity index (χ0) is 6.69. The highest BCUT2D eigenvalue weighted by Gasteiger charge is 2.11. The van der Waals surface area contributed by atoms with Crippen molar-refractivity contribution in [2.75, 3.05) is 0 Å². The van der Waals surface area contributed by atoms with Crippen LogP contribution in [-0.4, -0.2) is 7.85 Å². The normalized spacial score (nSPS) is 33.7. The summed E-state index contributed by atoms with van der Waals surface area (Å²) in [6.07, 6.45) is 5.68. The molecular weight excluding hydrogens is 109 g/mol. The van der Waals surface area contributed by atoms with E-state index in [1.54, 1.807) is 0 Å². The predicted molar refractivity (Wildman–Crippen MR) is 37.0 cm³/mol.